The lowest BCUT2D eigenvalue weighted by Crippen LogP contribution is -2.22. The summed E-state index contributed by atoms with van der Waals surface area (Å²) in [6.45, 7) is 5.58. The van der Waals surface area contributed by atoms with Gasteiger partial charge in [0, 0.05) is 9.75 Å². The molecule has 0 amide bonds. The van der Waals surface area contributed by atoms with Gasteiger partial charge in [0.1, 0.15) is 11.4 Å². The Bertz CT molecular complexity index is 543. The average Bonchev–Trinajstić information content (AvgIpc) is 2.69. The normalized spacial score (nSPS) is 14.6. The van der Waals surface area contributed by atoms with Crippen molar-refractivity contribution in [1.29, 1.82) is 0 Å². The van der Waals surface area contributed by atoms with Gasteiger partial charge >= 0.3 is 0 Å². The molecule has 90 valence electrons. The number of benzene rings is 1. The van der Waals surface area contributed by atoms with Crippen molar-refractivity contribution >= 4 is 11.3 Å². The van der Waals surface area contributed by atoms with E-state index < -0.39 is 5.60 Å². The summed E-state index contributed by atoms with van der Waals surface area (Å²) < 4.78 is 13.3. The van der Waals surface area contributed by atoms with Crippen molar-refractivity contribution in [2.45, 2.75) is 26.4 Å². The van der Waals surface area contributed by atoms with E-state index in [4.69, 9.17) is 0 Å². The fourth-order valence-corrected chi connectivity index (χ4v) is 2.88. The molecule has 0 aliphatic heterocycles. The summed E-state index contributed by atoms with van der Waals surface area (Å²) >= 11 is 1.53. The summed E-state index contributed by atoms with van der Waals surface area (Å²) in [5, 5.41) is 10.6. The highest BCUT2D eigenvalue weighted by Crippen LogP contribution is 2.35. The monoisotopic (exact) mass is 250 g/mol. The smallest absolute Gasteiger partial charge is 0.123 e. The Hall–Kier alpha value is -1.19. The first-order chi connectivity index (χ1) is 7.91. The second-order valence-corrected chi connectivity index (χ2v) is 5.73. The summed E-state index contributed by atoms with van der Waals surface area (Å²) in [5.41, 5.74) is 0.382. The molecule has 0 fully saturated rings. The molecule has 1 aromatic heterocycles. The topological polar surface area (TPSA) is 20.2 Å². The third kappa shape index (κ3) is 2.26. The van der Waals surface area contributed by atoms with E-state index in [-0.39, 0.29) is 5.82 Å². The van der Waals surface area contributed by atoms with E-state index in [1.54, 1.807) is 13.0 Å². The lowest BCUT2D eigenvalue weighted by Gasteiger charge is -2.24. The van der Waals surface area contributed by atoms with Crippen molar-refractivity contribution in [3.05, 3.63) is 57.0 Å². The Morgan fingerprint density at radius 1 is 1.18 bits per heavy atom. The summed E-state index contributed by atoms with van der Waals surface area (Å²) in [4.78, 5) is 1.97. The minimum atomic E-state index is -1.13. The van der Waals surface area contributed by atoms with E-state index in [1.807, 2.05) is 26.0 Å². The van der Waals surface area contributed by atoms with Crippen LogP contribution in [0.5, 0.6) is 0 Å². The molecule has 1 aromatic carbocycles. The minimum Gasteiger partial charge on any atom is -0.380 e. The molecule has 1 nitrogen and oxygen atoms in total. The van der Waals surface area contributed by atoms with Crippen LogP contribution in [0.1, 0.15) is 27.8 Å². The molecule has 0 aliphatic rings. The molecule has 1 atom stereocenters. The van der Waals surface area contributed by atoms with Crippen molar-refractivity contribution in [3.8, 4) is 0 Å². The highest BCUT2D eigenvalue weighted by molar-refractivity contribution is 7.12. The SMILES string of the molecule is Cc1ccc(C(C)(O)c2cc(F)ccc2C)s1. The maximum absolute atomic E-state index is 13.3. The van der Waals surface area contributed by atoms with Crippen LogP contribution < -0.4 is 0 Å². The number of aryl methyl sites for hydroxylation is 2. The first kappa shape index (κ1) is 12.3. The molecule has 2 aromatic rings. The molecule has 0 aliphatic carbocycles. The van der Waals surface area contributed by atoms with Crippen molar-refractivity contribution in [3.63, 3.8) is 0 Å². The van der Waals surface area contributed by atoms with Gasteiger partial charge in [-0.3, -0.25) is 0 Å². The quantitative estimate of drug-likeness (QED) is 0.860. The van der Waals surface area contributed by atoms with Gasteiger partial charge in [0.2, 0.25) is 0 Å². The van der Waals surface area contributed by atoms with Crippen LogP contribution in [0.3, 0.4) is 0 Å². The van der Waals surface area contributed by atoms with Crippen molar-refractivity contribution in [1.82, 2.24) is 0 Å². The van der Waals surface area contributed by atoms with Gasteiger partial charge in [0.15, 0.2) is 0 Å². The van der Waals surface area contributed by atoms with E-state index >= 15 is 0 Å². The predicted molar refractivity (Wildman–Crippen MR) is 68.9 cm³/mol. The van der Waals surface area contributed by atoms with Gasteiger partial charge in [-0.25, -0.2) is 4.39 Å². The molecular weight excluding hydrogens is 235 g/mol. The highest BCUT2D eigenvalue weighted by atomic mass is 32.1. The number of hydrogen-bond donors (Lipinski definition) is 1. The molecule has 0 spiro atoms. The van der Waals surface area contributed by atoms with Crippen LogP contribution in [-0.4, -0.2) is 5.11 Å². The van der Waals surface area contributed by atoms with Gasteiger partial charge < -0.3 is 5.11 Å². The van der Waals surface area contributed by atoms with Gasteiger partial charge in [-0.15, -0.1) is 11.3 Å². The van der Waals surface area contributed by atoms with Gasteiger partial charge in [0.25, 0.3) is 0 Å². The van der Waals surface area contributed by atoms with Crippen LogP contribution in [0.25, 0.3) is 0 Å². The van der Waals surface area contributed by atoms with E-state index in [1.165, 1.54) is 23.5 Å². The standard InChI is InChI=1S/C14H15FOS/c1-9-4-6-11(15)8-12(9)14(3,16)13-7-5-10(2)17-13/h4-8,16H,1-3H3. The van der Waals surface area contributed by atoms with Crippen LogP contribution in [-0.2, 0) is 5.60 Å². The number of halogens is 1. The van der Waals surface area contributed by atoms with Crippen LogP contribution >= 0.6 is 11.3 Å². The van der Waals surface area contributed by atoms with Gasteiger partial charge in [-0.1, -0.05) is 6.07 Å². The van der Waals surface area contributed by atoms with Crippen LogP contribution in [0.15, 0.2) is 30.3 Å². The fourth-order valence-electron chi connectivity index (χ4n) is 1.95. The third-order valence-corrected chi connectivity index (χ3v) is 4.16. The number of hydrogen-bond acceptors (Lipinski definition) is 2. The Kier molecular flexibility index (Phi) is 3.06. The number of aliphatic hydroxyl groups is 1. The second kappa shape index (κ2) is 4.24. The molecule has 17 heavy (non-hydrogen) atoms. The molecular formula is C14H15FOS. The zero-order valence-corrected chi connectivity index (χ0v) is 10.9. The summed E-state index contributed by atoms with van der Waals surface area (Å²) in [6, 6.07) is 8.37. The van der Waals surface area contributed by atoms with E-state index in [9.17, 15) is 9.50 Å². The second-order valence-electron chi connectivity index (χ2n) is 4.44. The van der Waals surface area contributed by atoms with Crippen LogP contribution in [0.2, 0.25) is 0 Å². The fraction of sp³-hybridized carbons (Fsp3) is 0.286. The largest absolute Gasteiger partial charge is 0.380 e. The minimum absolute atomic E-state index is 0.320. The average molecular weight is 250 g/mol. The Morgan fingerprint density at radius 3 is 2.47 bits per heavy atom. The van der Waals surface area contributed by atoms with Crippen LogP contribution in [0, 0.1) is 19.7 Å². The van der Waals surface area contributed by atoms with Gasteiger partial charge in [-0.2, -0.15) is 0 Å². The summed E-state index contributed by atoms with van der Waals surface area (Å²) in [5.74, 6) is -0.320. The molecule has 0 saturated carbocycles. The molecule has 3 heteroatoms. The molecule has 0 radical (unpaired) electrons. The Labute approximate surface area is 105 Å². The molecule has 1 unspecified atom stereocenters. The molecule has 0 saturated heterocycles. The molecule has 1 heterocycles. The van der Waals surface area contributed by atoms with E-state index in [0.717, 1.165) is 15.3 Å². The number of rotatable bonds is 2. The van der Waals surface area contributed by atoms with Crippen molar-refractivity contribution in [2.75, 3.05) is 0 Å². The lowest BCUT2D eigenvalue weighted by molar-refractivity contribution is 0.105. The lowest BCUT2D eigenvalue weighted by atomic mass is 9.90. The Balaban J connectivity index is 2.54. The molecule has 0 bridgehead atoms. The molecule has 1 N–H and O–H groups in total. The third-order valence-electron chi connectivity index (χ3n) is 2.94. The highest BCUT2D eigenvalue weighted by Gasteiger charge is 2.29. The van der Waals surface area contributed by atoms with Crippen LogP contribution in [0.4, 0.5) is 4.39 Å². The number of thiophene rings is 1. The van der Waals surface area contributed by atoms with E-state index in [2.05, 4.69) is 0 Å². The zero-order valence-electron chi connectivity index (χ0n) is 10.1. The van der Waals surface area contributed by atoms with Crippen molar-refractivity contribution in [2.24, 2.45) is 0 Å². The maximum Gasteiger partial charge on any atom is 0.123 e. The summed E-state index contributed by atoms with van der Waals surface area (Å²) in [7, 11) is 0. The molecule has 2 rings (SSSR count). The van der Waals surface area contributed by atoms with Gasteiger partial charge in [0.05, 0.1) is 0 Å². The first-order valence-electron chi connectivity index (χ1n) is 5.47. The summed E-state index contributed by atoms with van der Waals surface area (Å²) in [6.07, 6.45) is 0. The zero-order chi connectivity index (χ0) is 12.6. The Morgan fingerprint density at radius 2 is 1.88 bits per heavy atom. The predicted octanol–water partition coefficient (Wildman–Crippen LogP) is 3.76. The maximum atomic E-state index is 13.3. The van der Waals surface area contributed by atoms with Crippen molar-refractivity contribution < 1.29 is 9.50 Å². The van der Waals surface area contributed by atoms with E-state index in [0.29, 0.717) is 5.56 Å². The first-order valence-corrected chi connectivity index (χ1v) is 6.29. The van der Waals surface area contributed by atoms with Gasteiger partial charge in [-0.05, 0) is 56.2 Å².